The topological polar surface area (TPSA) is 3.88 Å². The fraction of sp³-hybridized carbons (Fsp3) is 0.500. The van der Waals surface area contributed by atoms with Crippen molar-refractivity contribution in [3.05, 3.63) is 47.2 Å². The molecule has 2 aromatic rings. The molecule has 0 aliphatic rings. The van der Waals surface area contributed by atoms with Gasteiger partial charge in [0.15, 0.2) is 0 Å². The monoisotopic (exact) mass is 388 g/mol. The average Bonchev–Trinajstić information content (AvgIpc) is 2.45. The third-order valence-corrected chi connectivity index (χ3v) is 8.48. The van der Waals surface area contributed by atoms with Crippen LogP contribution in [0.4, 0.5) is 0 Å². The van der Waals surface area contributed by atoms with Crippen LogP contribution < -0.4 is 8.96 Å². The van der Waals surface area contributed by atoms with E-state index in [0.29, 0.717) is 0 Å². The molecule has 0 fully saturated rings. The molecule has 0 aliphatic heterocycles. The first-order valence-corrected chi connectivity index (χ1v) is 16.1. The van der Waals surface area contributed by atoms with Crippen molar-refractivity contribution >= 4 is 17.7 Å². The Bertz CT molecular complexity index is 827. The standard InChI is InChI=1S/C22H34GeN/c1-16-10-11-19(17(2)12-16)21-13-18(14-22(3,4)5)20(15-24(21)9)23(6,7)8/h10-13,15H,14H2,1-9H3/q+1/i14D2. The van der Waals surface area contributed by atoms with Gasteiger partial charge in [-0.1, -0.05) is 0 Å². The summed E-state index contributed by atoms with van der Waals surface area (Å²) in [6.07, 6.45) is 0.815. The predicted molar refractivity (Wildman–Crippen MR) is 109 cm³/mol. The number of hydrogen-bond acceptors (Lipinski definition) is 0. The fourth-order valence-electron chi connectivity index (χ4n) is 3.12. The van der Waals surface area contributed by atoms with E-state index < -0.39 is 25.1 Å². The molecule has 0 bridgehead atoms. The summed E-state index contributed by atoms with van der Waals surface area (Å²) in [7, 11) is 2.09. The molecule has 0 spiro atoms. The maximum atomic E-state index is 8.94. The summed E-state index contributed by atoms with van der Waals surface area (Å²) >= 11 is -2.26. The molecule has 1 aromatic heterocycles. The van der Waals surface area contributed by atoms with E-state index >= 15 is 0 Å². The van der Waals surface area contributed by atoms with Crippen LogP contribution in [0.2, 0.25) is 17.3 Å². The van der Waals surface area contributed by atoms with Crippen molar-refractivity contribution < 1.29 is 7.31 Å². The Morgan fingerprint density at radius 1 is 1.08 bits per heavy atom. The van der Waals surface area contributed by atoms with Gasteiger partial charge in [0.1, 0.15) is 0 Å². The van der Waals surface area contributed by atoms with E-state index in [0.717, 1.165) is 11.3 Å². The minimum absolute atomic E-state index is 0.464. The first-order chi connectivity index (χ1) is 11.7. The summed E-state index contributed by atoms with van der Waals surface area (Å²) in [5, 5.41) is 0. The van der Waals surface area contributed by atoms with Gasteiger partial charge in [-0.05, 0) is 0 Å². The Balaban J connectivity index is 2.85. The van der Waals surface area contributed by atoms with Crippen molar-refractivity contribution in [3.63, 3.8) is 0 Å². The molecule has 2 rings (SSSR count). The van der Waals surface area contributed by atoms with Crippen LogP contribution in [0.5, 0.6) is 0 Å². The predicted octanol–water partition coefficient (Wildman–Crippen LogP) is 4.93. The summed E-state index contributed by atoms with van der Waals surface area (Å²) in [6, 6.07) is 8.61. The van der Waals surface area contributed by atoms with Gasteiger partial charge in [-0.2, -0.15) is 0 Å². The van der Waals surface area contributed by atoms with E-state index in [4.69, 9.17) is 2.74 Å². The zero-order valence-corrected chi connectivity index (χ0v) is 18.9. The molecule has 0 aliphatic carbocycles. The molecule has 0 atom stereocenters. The van der Waals surface area contributed by atoms with Gasteiger partial charge in [0.05, 0.1) is 0 Å². The molecular weight excluding hydrogens is 351 g/mol. The van der Waals surface area contributed by atoms with E-state index in [9.17, 15) is 0 Å². The second-order valence-electron chi connectivity index (χ2n) is 9.04. The van der Waals surface area contributed by atoms with Gasteiger partial charge in [-0.3, -0.25) is 0 Å². The van der Waals surface area contributed by atoms with Crippen molar-refractivity contribution in [3.8, 4) is 11.3 Å². The molecule has 1 nitrogen and oxygen atoms in total. The molecule has 0 saturated carbocycles. The Hall–Kier alpha value is -1.09. The van der Waals surface area contributed by atoms with E-state index in [2.05, 4.69) is 73.2 Å². The Labute approximate surface area is 154 Å². The summed E-state index contributed by atoms with van der Waals surface area (Å²) in [5.74, 6) is 7.02. The van der Waals surface area contributed by atoms with Gasteiger partial charge in [0, 0.05) is 0 Å². The second-order valence-corrected chi connectivity index (χ2v) is 19.6. The summed E-state index contributed by atoms with van der Waals surface area (Å²) in [6.45, 7) is 10.2. The molecule has 0 amide bonds. The number of aromatic nitrogens is 1. The van der Waals surface area contributed by atoms with E-state index in [1.807, 2.05) is 20.8 Å². The van der Waals surface area contributed by atoms with Crippen molar-refractivity contribution in [2.75, 3.05) is 0 Å². The number of aryl methyl sites for hydroxylation is 3. The zero-order valence-electron chi connectivity index (χ0n) is 18.8. The van der Waals surface area contributed by atoms with Crippen LogP contribution in [0.15, 0.2) is 30.5 Å². The van der Waals surface area contributed by atoms with E-state index in [1.54, 1.807) is 0 Å². The Kier molecular flexibility index (Phi) is 4.55. The van der Waals surface area contributed by atoms with Crippen LogP contribution in [-0.2, 0) is 13.4 Å². The van der Waals surface area contributed by atoms with Crippen molar-refractivity contribution in [1.82, 2.24) is 0 Å². The third-order valence-electron chi connectivity index (χ3n) is 4.25. The second kappa shape index (κ2) is 6.67. The summed E-state index contributed by atoms with van der Waals surface area (Å²) < 4.78 is 21.3. The minimum atomic E-state index is -2.26. The molecular formula is C22H34GeN+. The number of hydrogen-bond donors (Lipinski definition) is 0. The molecule has 1 heterocycles. The first kappa shape index (κ1) is 16.4. The molecule has 0 unspecified atom stereocenters. The molecule has 0 N–H and O–H groups in total. The number of nitrogens with zero attached hydrogens (tertiary/aromatic N) is 1. The number of pyridine rings is 1. The molecule has 0 saturated heterocycles. The van der Waals surface area contributed by atoms with Crippen LogP contribution in [0.25, 0.3) is 11.3 Å². The van der Waals surface area contributed by atoms with E-state index in [1.165, 1.54) is 21.1 Å². The quantitative estimate of drug-likeness (QED) is 0.520. The Morgan fingerprint density at radius 2 is 1.71 bits per heavy atom. The van der Waals surface area contributed by atoms with Crippen LogP contribution >= 0.6 is 0 Å². The maximum absolute atomic E-state index is 8.94. The SMILES string of the molecule is [2H]C([2H])(c1cc(-c2ccc(C)cc2C)[n+](C)c[c]1[Ge]([CH3])([CH3])[CH3])C(C)(C)C. The van der Waals surface area contributed by atoms with Gasteiger partial charge >= 0.3 is 154 Å². The summed E-state index contributed by atoms with van der Waals surface area (Å²) in [5.41, 5.74) is 5.16. The molecule has 2 heteroatoms. The molecule has 1 aromatic carbocycles. The van der Waals surface area contributed by atoms with Crippen LogP contribution in [0.1, 0.15) is 40.2 Å². The van der Waals surface area contributed by atoms with E-state index in [-0.39, 0.29) is 0 Å². The fourth-order valence-corrected chi connectivity index (χ4v) is 6.32. The van der Waals surface area contributed by atoms with Crippen LogP contribution in [-0.4, -0.2) is 13.3 Å². The zero-order chi connectivity index (χ0) is 20.1. The first-order valence-electron chi connectivity index (χ1n) is 9.78. The molecule has 130 valence electrons. The third kappa shape index (κ3) is 4.50. The number of rotatable bonds is 3. The Morgan fingerprint density at radius 3 is 2.21 bits per heavy atom. The van der Waals surface area contributed by atoms with Gasteiger partial charge in [-0.15, -0.1) is 0 Å². The van der Waals surface area contributed by atoms with Crippen molar-refractivity contribution in [2.24, 2.45) is 12.5 Å². The molecule has 0 radical (unpaired) electrons. The van der Waals surface area contributed by atoms with Gasteiger partial charge in [0.2, 0.25) is 0 Å². The van der Waals surface area contributed by atoms with Crippen LogP contribution in [0, 0.1) is 19.3 Å². The van der Waals surface area contributed by atoms with Gasteiger partial charge in [-0.25, -0.2) is 0 Å². The normalized spacial score (nSPS) is 14.4. The van der Waals surface area contributed by atoms with Crippen molar-refractivity contribution in [2.45, 2.75) is 58.3 Å². The van der Waals surface area contributed by atoms with Gasteiger partial charge in [0.25, 0.3) is 0 Å². The average molecular weight is 387 g/mol. The molecule has 24 heavy (non-hydrogen) atoms. The van der Waals surface area contributed by atoms with Gasteiger partial charge < -0.3 is 0 Å². The summed E-state index contributed by atoms with van der Waals surface area (Å²) in [4.78, 5) is 0. The number of benzene rings is 1. The van der Waals surface area contributed by atoms with Crippen molar-refractivity contribution in [1.29, 1.82) is 0 Å². The van der Waals surface area contributed by atoms with Crippen LogP contribution in [0.3, 0.4) is 0 Å².